The van der Waals surface area contributed by atoms with Crippen LogP contribution < -0.4 is 5.32 Å². The maximum Gasteiger partial charge on any atom is 0.276 e. The number of hydrogen-bond donors (Lipinski definition) is 1. The number of anilines is 1. The standard InChI is InChI=1S/C12H8N4OS/c17-11(15-12-16-13-7-18-12)10-6-5-8-3-1-2-4-9(8)14-10/h1-7H,(H,15,16,17). The molecule has 0 bridgehead atoms. The van der Waals surface area contributed by atoms with Gasteiger partial charge in [-0.1, -0.05) is 35.6 Å². The number of rotatable bonds is 2. The van der Waals surface area contributed by atoms with Crippen molar-refractivity contribution in [2.45, 2.75) is 0 Å². The Bertz CT molecular complexity index is 696. The van der Waals surface area contributed by atoms with Crippen LogP contribution in [-0.4, -0.2) is 21.1 Å². The Hall–Kier alpha value is -2.34. The number of pyridine rings is 1. The third-order valence-corrected chi connectivity index (χ3v) is 3.02. The van der Waals surface area contributed by atoms with Crippen molar-refractivity contribution in [3.05, 3.63) is 47.6 Å². The van der Waals surface area contributed by atoms with Crippen molar-refractivity contribution in [3.63, 3.8) is 0 Å². The summed E-state index contributed by atoms with van der Waals surface area (Å²) in [4.78, 5) is 16.2. The van der Waals surface area contributed by atoms with Crippen molar-refractivity contribution in [1.29, 1.82) is 0 Å². The first-order chi connectivity index (χ1) is 8.83. The summed E-state index contributed by atoms with van der Waals surface area (Å²) >= 11 is 1.27. The summed E-state index contributed by atoms with van der Waals surface area (Å²) in [5.41, 5.74) is 2.72. The number of aromatic nitrogens is 3. The first-order valence-electron chi connectivity index (χ1n) is 5.26. The molecule has 0 fully saturated rings. The van der Waals surface area contributed by atoms with Crippen LogP contribution in [0.25, 0.3) is 10.9 Å². The zero-order valence-corrected chi connectivity index (χ0v) is 10.0. The molecule has 2 aromatic heterocycles. The minimum atomic E-state index is -0.280. The van der Waals surface area contributed by atoms with E-state index in [4.69, 9.17) is 0 Å². The van der Waals surface area contributed by atoms with Crippen molar-refractivity contribution < 1.29 is 4.79 Å². The van der Waals surface area contributed by atoms with Gasteiger partial charge in [0.2, 0.25) is 5.13 Å². The highest BCUT2D eigenvalue weighted by Crippen LogP contribution is 2.14. The Morgan fingerprint density at radius 2 is 2.06 bits per heavy atom. The van der Waals surface area contributed by atoms with Crippen molar-refractivity contribution >= 4 is 33.3 Å². The molecule has 88 valence electrons. The lowest BCUT2D eigenvalue weighted by atomic mass is 10.2. The summed E-state index contributed by atoms with van der Waals surface area (Å²) in [6, 6.07) is 11.2. The maximum absolute atomic E-state index is 11.9. The normalized spacial score (nSPS) is 10.4. The van der Waals surface area contributed by atoms with E-state index in [1.54, 1.807) is 11.6 Å². The van der Waals surface area contributed by atoms with Crippen LogP contribution in [0.15, 0.2) is 41.9 Å². The van der Waals surface area contributed by atoms with Crippen molar-refractivity contribution in [1.82, 2.24) is 15.2 Å². The van der Waals surface area contributed by atoms with Crippen LogP contribution in [0.5, 0.6) is 0 Å². The number of benzene rings is 1. The SMILES string of the molecule is O=C(Nc1nncs1)c1ccc2ccccc2n1. The molecule has 1 N–H and O–H groups in total. The largest absolute Gasteiger partial charge is 0.295 e. The molecular formula is C12H8N4OS. The van der Waals surface area contributed by atoms with Crippen LogP contribution in [0.4, 0.5) is 5.13 Å². The zero-order valence-electron chi connectivity index (χ0n) is 9.20. The molecule has 5 nitrogen and oxygen atoms in total. The van der Waals surface area contributed by atoms with E-state index in [2.05, 4.69) is 20.5 Å². The van der Waals surface area contributed by atoms with E-state index in [1.165, 1.54) is 11.3 Å². The molecule has 1 aromatic carbocycles. The van der Waals surface area contributed by atoms with Crippen molar-refractivity contribution in [3.8, 4) is 0 Å². The van der Waals surface area contributed by atoms with E-state index in [1.807, 2.05) is 30.3 Å². The molecule has 6 heteroatoms. The van der Waals surface area contributed by atoms with E-state index < -0.39 is 0 Å². The summed E-state index contributed by atoms with van der Waals surface area (Å²) in [7, 11) is 0. The predicted molar refractivity (Wildman–Crippen MR) is 69.6 cm³/mol. The highest BCUT2D eigenvalue weighted by molar-refractivity contribution is 7.13. The first kappa shape index (κ1) is 10.8. The van der Waals surface area contributed by atoms with E-state index >= 15 is 0 Å². The van der Waals surface area contributed by atoms with Gasteiger partial charge in [0.15, 0.2) is 0 Å². The van der Waals surface area contributed by atoms with Gasteiger partial charge in [-0.05, 0) is 12.1 Å². The third kappa shape index (κ3) is 2.05. The molecular weight excluding hydrogens is 248 g/mol. The number of fused-ring (bicyclic) bond motifs is 1. The molecule has 1 amide bonds. The van der Waals surface area contributed by atoms with Crippen molar-refractivity contribution in [2.75, 3.05) is 5.32 Å². The van der Waals surface area contributed by atoms with E-state index in [-0.39, 0.29) is 5.91 Å². The predicted octanol–water partition coefficient (Wildman–Crippen LogP) is 2.34. The molecule has 0 aliphatic carbocycles. The lowest BCUT2D eigenvalue weighted by Crippen LogP contribution is -2.13. The summed E-state index contributed by atoms with van der Waals surface area (Å²) in [6.45, 7) is 0. The second kappa shape index (κ2) is 4.50. The molecule has 18 heavy (non-hydrogen) atoms. The van der Waals surface area contributed by atoms with Gasteiger partial charge in [-0.2, -0.15) is 0 Å². The van der Waals surface area contributed by atoms with Crippen LogP contribution in [0, 0.1) is 0 Å². The molecule has 0 aliphatic rings. The van der Waals surface area contributed by atoms with Gasteiger partial charge in [-0.3, -0.25) is 10.1 Å². The first-order valence-corrected chi connectivity index (χ1v) is 6.14. The summed E-state index contributed by atoms with van der Waals surface area (Å²) < 4.78 is 0. The van der Waals surface area contributed by atoms with Gasteiger partial charge in [-0.25, -0.2) is 4.98 Å². The molecule has 0 unspecified atom stereocenters. The van der Waals surface area contributed by atoms with Crippen LogP contribution in [0.1, 0.15) is 10.5 Å². The molecule has 0 spiro atoms. The molecule has 0 aliphatic heterocycles. The van der Waals surface area contributed by atoms with Crippen LogP contribution in [-0.2, 0) is 0 Å². The minimum absolute atomic E-state index is 0.280. The molecule has 0 atom stereocenters. The van der Waals surface area contributed by atoms with E-state index in [0.717, 1.165) is 10.9 Å². The van der Waals surface area contributed by atoms with Gasteiger partial charge in [0.25, 0.3) is 5.91 Å². The smallest absolute Gasteiger partial charge is 0.276 e. The Morgan fingerprint density at radius 3 is 2.89 bits per heavy atom. The molecule has 3 aromatic rings. The summed E-state index contributed by atoms with van der Waals surface area (Å²) in [5, 5.41) is 11.5. The lowest BCUT2D eigenvalue weighted by molar-refractivity contribution is 0.102. The van der Waals surface area contributed by atoms with Gasteiger partial charge < -0.3 is 0 Å². The summed E-state index contributed by atoms with van der Waals surface area (Å²) in [6.07, 6.45) is 0. The Morgan fingerprint density at radius 1 is 1.17 bits per heavy atom. The Kier molecular flexibility index (Phi) is 2.70. The number of nitrogens with one attached hydrogen (secondary N) is 1. The lowest BCUT2D eigenvalue weighted by Gasteiger charge is -2.02. The topological polar surface area (TPSA) is 67.8 Å². The highest BCUT2D eigenvalue weighted by Gasteiger charge is 2.09. The van der Waals surface area contributed by atoms with Crippen molar-refractivity contribution in [2.24, 2.45) is 0 Å². The minimum Gasteiger partial charge on any atom is -0.295 e. The fourth-order valence-corrected chi connectivity index (χ4v) is 2.02. The number of carbonyl (C=O) groups is 1. The number of para-hydroxylation sites is 1. The fraction of sp³-hybridized carbons (Fsp3) is 0. The second-order valence-corrected chi connectivity index (χ2v) is 4.42. The average molecular weight is 256 g/mol. The quantitative estimate of drug-likeness (QED) is 0.764. The molecule has 3 rings (SSSR count). The Balaban J connectivity index is 1.92. The average Bonchev–Trinajstić information content (AvgIpc) is 2.91. The monoisotopic (exact) mass is 256 g/mol. The van der Waals surface area contributed by atoms with Gasteiger partial charge >= 0.3 is 0 Å². The van der Waals surface area contributed by atoms with Crippen LogP contribution >= 0.6 is 11.3 Å². The molecule has 0 saturated carbocycles. The van der Waals surface area contributed by atoms with Gasteiger partial charge in [-0.15, -0.1) is 10.2 Å². The van der Waals surface area contributed by atoms with E-state index in [9.17, 15) is 4.79 Å². The van der Waals surface area contributed by atoms with Crippen LogP contribution in [0.3, 0.4) is 0 Å². The molecule has 2 heterocycles. The zero-order chi connectivity index (χ0) is 12.4. The van der Waals surface area contributed by atoms with Crippen LogP contribution in [0.2, 0.25) is 0 Å². The number of nitrogens with zero attached hydrogens (tertiary/aromatic N) is 3. The number of amides is 1. The van der Waals surface area contributed by atoms with E-state index in [0.29, 0.717) is 10.8 Å². The third-order valence-electron chi connectivity index (χ3n) is 2.41. The highest BCUT2D eigenvalue weighted by atomic mass is 32.1. The Labute approximate surface area is 107 Å². The number of hydrogen-bond acceptors (Lipinski definition) is 5. The van der Waals surface area contributed by atoms with Gasteiger partial charge in [0.1, 0.15) is 11.2 Å². The maximum atomic E-state index is 11.9. The number of carbonyl (C=O) groups excluding carboxylic acids is 1. The second-order valence-electron chi connectivity index (χ2n) is 3.59. The summed E-state index contributed by atoms with van der Waals surface area (Å²) in [5.74, 6) is -0.280. The fourth-order valence-electron chi connectivity index (χ4n) is 1.58. The molecule has 0 saturated heterocycles. The van der Waals surface area contributed by atoms with Gasteiger partial charge in [0.05, 0.1) is 5.52 Å². The molecule has 0 radical (unpaired) electrons. The van der Waals surface area contributed by atoms with Gasteiger partial charge in [0, 0.05) is 5.39 Å².